The van der Waals surface area contributed by atoms with Gasteiger partial charge in [-0.05, 0) is 37.1 Å². The number of nitrogens with zero attached hydrogens (tertiary/aromatic N) is 6. The first-order valence-corrected chi connectivity index (χ1v) is 10.8. The lowest BCUT2D eigenvalue weighted by atomic mass is 10.1. The second kappa shape index (κ2) is 9.02. The SMILES string of the molecule is Cc1noc(-c2ccc(C3CN(c4nc(-c5ccncc5F)cc(=O)n4N)CCCO3)cc2)n1. The summed E-state index contributed by atoms with van der Waals surface area (Å²) >= 11 is 0. The predicted octanol–water partition coefficient (Wildman–Crippen LogP) is 2.48. The number of ether oxygens (including phenoxy) is 1. The molecule has 174 valence electrons. The molecule has 3 aromatic heterocycles. The van der Waals surface area contributed by atoms with Gasteiger partial charge in [0.15, 0.2) is 11.6 Å². The van der Waals surface area contributed by atoms with Crippen molar-refractivity contribution < 1.29 is 13.7 Å². The lowest BCUT2D eigenvalue weighted by molar-refractivity contribution is 0.0685. The summed E-state index contributed by atoms with van der Waals surface area (Å²) in [7, 11) is 0. The molecule has 4 heterocycles. The van der Waals surface area contributed by atoms with E-state index in [2.05, 4.69) is 20.1 Å². The summed E-state index contributed by atoms with van der Waals surface area (Å²) in [6.07, 6.45) is 2.95. The highest BCUT2D eigenvalue weighted by molar-refractivity contribution is 5.60. The molecule has 0 amide bonds. The monoisotopic (exact) mass is 463 g/mol. The van der Waals surface area contributed by atoms with Gasteiger partial charge in [0, 0.05) is 36.5 Å². The van der Waals surface area contributed by atoms with E-state index in [4.69, 9.17) is 15.1 Å². The smallest absolute Gasteiger partial charge is 0.273 e. The Morgan fingerprint density at radius 2 is 2.00 bits per heavy atom. The second-order valence-corrected chi connectivity index (χ2v) is 7.93. The van der Waals surface area contributed by atoms with E-state index >= 15 is 0 Å². The summed E-state index contributed by atoms with van der Waals surface area (Å²) in [6.45, 7) is 3.27. The normalized spacial score (nSPS) is 16.4. The summed E-state index contributed by atoms with van der Waals surface area (Å²) in [5.74, 6) is 6.74. The van der Waals surface area contributed by atoms with E-state index in [0.717, 1.165) is 22.0 Å². The van der Waals surface area contributed by atoms with Gasteiger partial charge in [0.1, 0.15) is 6.10 Å². The third kappa shape index (κ3) is 4.25. The molecule has 10 nitrogen and oxygen atoms in total. The summed E-state index contributed by atoms with van der Waals surface area (Å²) in [6, 6.07) is 10.4. The van der Waals surface area contributed by atoms with Crippen LogP contribution in [0.15, 0.2) is 58.1 Å². The van der Waals surface area contributed by atoms with Crippen LogP contribution in [-0.4, -0.2) is 44.5 Å². The van der Waals surface area contributed by atoms with Crippen molar-refractivity contribution in [3.8, 4) is 22.7 Å². The summed E-state index contributed by atoms with van der Waals surface area (Å²) in [5, 5.41) is 3.82. The molecule has 1 aromatic carbocycles. The Balaban J connectivity index is 1.45. The molecule has 0 aliphatic carbocycles. The van der Waals surface area contributed by atoms with E-state index in [1.807, 2.05) is 29.2 Å². The summed E-state index contributed by atoms with van der Waals surface area (Å²) in [5.41, 5.74) is 1.64. The first-order chi connectivity index (χ1) is 16.5. The number of halogens is 1. The predicted molar refractivity (Wildman–Crippen MR) is 122 cm³/mol. The van der Waals surface area contributed by atoms with Crippen LogP contribution in [0.2, 0.25) is 0 Å². The molecule has 0 bridgehead atoms. The van der Waals surface area contributed by atoms with Crippen LogP contribution in [0.3, 0.4) is 0 Å². The van der Waals surface area contributed by atoms with Crippen molar-refractivity contribution in [1.29, 1.82) is 0 Å². The Morgan fingerprint density at radius 1 is 1.18 bits per heavy atom. The largest absolute Gasteiger partial charge is 0.372 e. The number of nitrogens with two attached hydrogens (primary N) is 1. The number of nitrogen functional groups attached to an aromatic ring is 1. The van der Waals surface area contributed by atoms with Crippen LogP contribution in [-0.2, 0) is 4.74 Å². The zero-order valence-corrected chi connectivity index (χ0v) is 18.4. The molecule has 0 saturated carbocycles. The van der Waals surface area contributed by atoms with E-state index in [1.54, 1.807) is 6.92 Å². The average molecular weight is 463 g/mol. The van der Waals surface area contributed by atoms with E-state index in [1.165, 1.54) is 18.3 Å². The van der Waals surface area contributed by atoms with Gasteiger partial charge in [0.2, 0.25) is 5.95 Å². The van der Waals surface area contributed by atoms with Crippen LogP contribution in [0.25, 0.3) is 22.7 Å². The minimum Gasteiger partial charge on any atom is -0.372 e. The minimum absolute atomic E-state index is 0.184. The number of pyridine rings is 1. The van der Waals surface area contributed by atoms with Crippen LogP contribution >= 0.6 is 0 Å². The zero-order chi connectivity index (χ0) is 23.7. The van der Waals surface area contributed by atoms with Gasteiger partial charge in [-0.3, -0.25) is 9.78 Å². The van der Waals surface area contributed by atoms with Crippen LogP contribution in [0, 0.1) is 12.7 Å². The molecule has 0 radical (unpaired) electrons. The first kappa shape index (κ1) is 21.7. The number of aromatic nitrogens is 5. The average Bonchev–Trinajstić information content (AvgIpc) is 3.13. The molecule has 1 fully saturated rings. The molecule has 2 N–H and O–H groups in total. The molecule has 34 heavy (non-hydrogen) atoms. The molecule has 1 saturated heterocycles. The van der Waals surface area contributed by atoms with Gasteiger partial charge < -0.3 is 20.0 Å². The molecule has 1 aliphatic heterocycles. The maximum absolute atomic E-state index is 14.3. The van der Waals surface area contributed by atoms with Crippen LogP contribution in [0.4, 0.5) is 10.3 Å². The molecule has 1 unspecified atom stereocenters. The number of benzene rings is 1. The Bertz CT molecular complexity index is 1370. The van der Waals surface area contributed by atoms with Gasteiger partial charge >= 0.3 is 0 Å². The number of aryl methyl sites for hydroxylation is 1. The number of rotatable bonds is 4. The van der Waals surface area contributed by atoms with Crippen molar-refractivity contribution in [2.24, 2.45) is 0 Å². The number of hydrogen-bond acceptors (Lipinski definition) is 9. The van der Waals surface area contributed by atoms with Crippen LogP contribution in [0.5, 0.6) is 0 Å². The number of anilines is 1. The van der Waals surface area contributed by atoms with Crippen molar-refractivity contribution in [1.82, 2.24) is 24.8 Å². The van der Waals surface area contributed by atoms with Crippen molar-refractivity contribution in [2.45, 2.75) is 19.4 Å². The Hall–Kier alpha value is -4.12. The second-order valence-electron chi connectivity index (χ2n) is 7.93. The lowest BCUT2D eigenvalue weighted by Gasteiger charge is -2.26. The standard InChI is InChI=1S/C23H22FN7O3/c1-14-27-22(34-29-14)16-5-3-15(4-6-16)20-13-30(9-2-10-33-20)23-28-19(11-21(32)31(23)25)17-7-8-26-12-18(17)24/h3-8,11-12,20H,2,9-10,13,25H2,1H3. The maximum atomic E-state index is 14.3. The first-order valence-electron chi connectivity index (χ1n) is 10.8. The Kier molecular flexibility index (Phi) is 5.76. The molecular weight excluding hydrogens is 441 g/mol. The third-order valence-electron chi connectivity index (χ3n) is 5.60. The summed E-state index contributed by atoms with van der Waals surface area (Å²) in [4.78, 5) is 27.0. The lowest BCUT2D eigenvalue weighted by Crippen LogP contribution is -2.38. The van der Waals surface area contributed by atoms with Gasteiger partial charge in [0.25, 0.3) is 11.4 Å². The maximum Gasteiger partial charge on any atom is 0.273 e. The molecule has 1 atom stereocenters. The molecule has 1 aliphatic rings. The van der Waals surface area contributed by atoms with Crippen LogP contribution in [0.1, 0.15) is 23.9 Å². The fourth-order valence-electron chi connectivity index (χ4n) is 3.89. The summed E-state index contributed by atoms with van der Waals surface area (Å²) < 4.78 is 26.6. The molecule has 4 aromatic rings. The Morgan fingerprint density at radius 3 is 2.74 bits per heavy atom. The minimum atomic E-state index is -0.566. The third-order valence-corrected chi connectivity index (χ3v) is 5.60. The molecule has 11 heteroatoms. The van der Waals surface area contributed by atoms with Gasteiger partial charge in [0.05, 0.1) is 18.4 Å². The number of hydrogen-bond donors (Lipinski definition) is 1. The van der Waals surface area contributed by atoms with Gasteiger partial charge in [-0.2, -0.15) is 9.66 Å². The highest BCUT2D eigenvalue weighted by Gasteiger charge is 2.24. The van der Waals surface area contributed by atoms with Crippen molar-refractivity contribution in [2.75, 3.05) is 30.4 Å². The van der Waals surface area contributed by atoms with Crippen molar-refractivity contribution >= 4 is 5.95 Å². The van der Waals surface area contributed by atoms with E-state index in [9.17, 15) is 9.18 Å². The van der Waals surface area contributed by atoms with Crippen LogP contribution < -0.4 is 16.3 Å². The topological polar surface area (TPSA) is 125 Å². The highest BCUT2D eigenvalue weighted by Crippen LogP contribution is 2.28. The molecule has 0 spiro atoms. The highest BCUT2D eigenvalue weighted by atomic mass is 19.1. The fraction of sp³-hybridized carbons (Fsp3) is 0.261. The quantitative estimate of drug-likeness (QED) is 0.454. The molecule has 5 rings (SSSR count). The van der Waals surface area contributed by atoms with E-state index in [-0.39, 0.29) is 23.3 Å². The van der Waals surface area contributed by atoms with Crippen molar-refractivity contribution in [3.05, 3.63) is 76.4 Å². The van der Waals surface area contributed by atoms with E-state index < -0.39 is 11.4 Å². The van der Waals surface area contributed by atoms with Gasteiger partial charge in [-0.15, -0.1) is 0 Å². The molecular formula is C23H22FN7O3. The fourth-order valence-corrected chi connectivity index (χ4v) is 3.89. The van der Waals surface area contributed by atoms with E-state index in [0.29, 0.717) is 37.8 Å². The Labute approximate surface area is 193 Å². The van der Waals surface area contributed by atoms with Crippen molar-refractivity contribution in [3.63, 3.8) is 0 Å². The van der Waals surface area contributed by atoms with Gasteiger partial charge in [-0.1, -0.05) is 17.3 Å². The zero-order valence-electron chi connectivity index (χ0n) is 18.4. The van der Waals surface area contributed by atoms with Gasteiger partial charge in [-0.25, -0.2) is 9.37 Å².